The lowest BCUT2D eigenvalue weighted by atomic mass is 10.3. The van der Waals surface area contributed by atoms with E-state index in [9.17, 15) is 8.78 Å². The van der Waals surface area contributed by atoms with Crippen molar-refractivity contribution in [3.8, 4) is 0 Å². The molecule has 1 rings (SSSR count). The first kappa shape index (κ1) is 7.85. The number of alkyl halides is 2. The molecular formula is C6H9F2NS. The third kappa shape index (κ3) is 1.62. The molecule has 0 aromatic rings. The van der Waals surface area contributed by atoms with Gasteiger partial charge >= 0.3 is 0 Å². The van der Waals surface area contributed by atoms with Gasteiger partial charge in [0.05, 0.1) is 11.1 Å². The summed E-state index contributed by atoms with van der Waals surface area (Å²) in [6, 6.07) is 0. The number of hydrogen-bond donors (Lipinski definition) is 1. The Morgan fingerprint density at radius 1 is 1.70 bits per heavy atom. The molecule has 10 heavy (non-hydrogen) atoms. The third-order valence-electron chi connectivity index (χ3n) is 1.22. The Hall–Kier alpha value is -0.250. The zero-order valence-corrected chi connectivity index (χ0v) is 6.64. The largest absolute Gasteiger partial charge is 0.371 e. The number of nitrogens with one attached hydrogen (secondary N) is 1. The minimum atomic E-state index is -2.71. The van der Waals surface area contributed by atoms with Gasteiger partial charge in [-0.1, -0.05) is 0 Å². The van der Waals surface area contributed by atoms with Crippen molar-refractivity contribution in [1.29, 1.82) is 0 Å². The van der Waals surface area contributed by atoms with Crippen molar-refractivity contribution in [3.63, 3.8) is 0 Å². The van der Waals surface area contributed by atoms with Crippen LogP contribution in [0, 0.1) is 0 Å². The molecule has 0 saturated carbocycles. The molecule has 1 heterocycles. The van der Waals surface area contributed by atoms with Crippen molar-refractivity contribution in [2.24, 2.45) is 0 Å². The number of halogens is 2. The molecule has 0 radical (unpaired) electrons. The molecule has 0 fully saturated rings. The highest BCUT2D eigenvalue weighted by molar-refractivity contribution is 8.02. The summed E-state index contributed by atoms with van der Waals surface area (Å²) in [6.07, 6.45) is 0. The molecule has 1 N–H and O–H groups in total. The monoisotopic (exact) mass is 165 g/mol. The summed E-state index contributed by atoms with van der Waals surface area (Å²) in [5.41, 5.74) is 0.0324. The van der Waals surface area contributed by atoms with Crippen LogP contribution in [0.2, 0.25) is 0 Å². The Morgan fingerprint density at radius 3 is 2.50 bits per heavy atom. The van der Waals surface area contributed by atoms with Gasteiger partial charge in [-0.2, -0.15) is 0 Å². The fourth-order valence-electron chi connectivity index (χ4n) is 0.687. The van der Waals surface area contributed by atoms with E-state index < -0.39 is 5.92 Å². The van der Waals surface area contributed by atoms with Crippen LogP contribution < -0.4 is 5.32 Å². The van der Waals surface area contributed by atoms with Crippen LogP contribution in [0.4, 0.5) is 8.78 Å². The standard InChI is InChI=1S/C6H9F2NS/c1-4-9-5(3-10-4)6(2,7)8/h3-4,9H,1-2H3/t4-/m1/s1. The molecule has 1 aliphatic heterocycles. The first-order valence-corrected chi connectivity index (χ1v) is 3.95. The Balaban J connectivity index is 2.60. The van der Waals surface area contributed by atoms with Crippen LogP contribution in [0.5, 0.6) is 0 Å². The van der Waals surface area contributed by atoms with Crippen LogP contribution in [0.3, 0.4) is 0 Å². The van der Waals surface area contributed by atoms with E-state index in [1.807, 2.05) is 6.92 Å². The predicted molar refractivity (Wildman–Crippen MR) is 38.9 cm³/mol. The number of allylic oxidation sites excluding steroid dienone is 1. The highest BCUT2D eigenvalue weighted by Crippen LogP contribution is 2.30. The second-order valence-corrected chi connectivity index (χ2v) is 3.56. The van der Waals surface area contributed by atoms with E-state index in [1.54, 1.807) is 0 Å². The van der Waals surface area contributed by atoms with E-state index in [2.05, 4.69) is 5.32 Å². The molecule has 0 aliphatic carbocycles. The van der Waals surface area contributed by atoms with Crippen molar-refractivity contribution in [3.05, 3.63) is 11.1 Å². The van der Waals surface area contributed by atoms with Crippen LogP contribution >= 0.6 is 11.8 Å². The van der Waals surface area contributed by atoms with Gasteiger partial charge in [0.25, 0.3) is 5.92 Å². The summed E-state index contributed by atoms with van der Waals surface area (Å²) in [5.74, 6) is -2.71. The molecule has 1 nitrogen and oxygen atoms in total. The van der Waals surface area contributed by atoms with Gasteiger partial charge in [0.1, 0.15) is 0 Å². The first-order chi connectivity index (χ1) is 4.50. The van der Waals surface area contributed by atoms with Gasteiger partial charge < -0.3 is 5.32 Å². The molecule has 58 valence electrons. The Labute approximate surface area is 62.9 Å². The van der Waals surface area contributed by atoms with Gasteiger partial charge in [0.2, 0.25) is 0 Å². The molecule has 4 heteroatoms. The highest BCUT2D eigenvalue weighted by Gasteiger charge is 2.31. The van der Waals surface area contributed by atoms with Gasteiger partial charge in [0.15, 0.2) is 0 Å². The topological polar surface area (TPSA) is 12.0 Å². The minimum absolute atomic E-state index is 0.0324. The van der Waals surface area contributed by atoms with E-state index in [-0.39, 0.29) is 11.1 Å². The summed E-state index contributed by atoms with van der Waals surface area (Å²) < 4.78 is 24.9. The number of thioether (sulfide) groups is 1. The second-order valence-electron chi connectivity index (χ2n) is 2.34. The molecule has 0 amide bonds. The molecule has 1 atom stereocenters. The van der Waals surface area contributed by atoms with Gasteiger partial charge in [-0.3, -0.25) is 0 Å². The van der Waals surface area contributed by atoms with Gasteiger partial charge in [-0.15, -0.1) is 11.8 Å². The molecule has 0 bridgehead atoms. The van der Waals surface area contributed by atoms with Crippen molar-refractivity contribution in [2.45, 2.75) is 25.1 Å². The Kier molecular flexibility index (Phi) is 1.90. The highest BCUT2D eigenvalue weighted by atomic mass is 32.2. The SMILES string of the molecule is C[C@@H]1NC(C(C)(F)F)=CS1. The zero-order chi connectivity index (χ0) is 7.78. The summed E-state index contributed by atoms with van der Waals surface area (Å²) in [4.78, 5) is 0. The normalized spacial score (nSPS) is 26.0. The Morgan fingerprint density at radius 2 is 2.30 bits per heavy atom. The third-order valence-corrected chi connectivity index (χ3v) is 2.12. The smallest absolute Gasteiger partial charge is 0.285 e. The van der Waals surface area contributed by atoms with Gasteiger partial charge in [-0.05, 0) is 12.3 Å². The van der Waals surface area contributed by atoms with Crippen molar-refractivity contribution in [1.82, 2.24) is 5.32 Å². The first-order valence-electron chi connectivity index (χ1n) is 3.00. The lowest BCUT2D eigenvalue weighted by Gasteiger charge is -2.13. The summed E-state index contributed by atoms with van der Waals surface area (Å²) >= 11 is 1.38. The second kappa shape index (κ2) is 2.42. The van der Waals surface area contributed by atoms with Crippen LogP contribution in [0.25, 0.3) is 0 Å². The van der Waals surface area contributed by atoms with Crippen molar-refractivity contribution < 1.29 is 8.78 Å². The Bertz CT molecular complexity index is 162. The molecule has 0 unspecified atom stereocenters. The van der Waals surface area contributed by atoms with Crippen LogP contribution in [-0.2, 0) is 0 Å². The van der Waals surface area contributed by atoms with Crippen molar-refractivity contribution in [2.75, 3.05) is 0 Å². The van der Waals surface area contributed by atoms with Crippen molar-refractivity contribution >= 4 is 11.8 Å². The predicted octanol–water partition coefficient (Wildman–Crippen LogP) is 2.17. The number of hydrogen-bond acceptors (Lipinski definition) is 2. The molecular weight excluding hydrogens is 156 g/mol. The maximum atomic E-state index is 12.5. The lowest BCUT2D eigenvalue weighted by molar-refractivity contribution is 0.0564. The van der Waals surface area contributed by atoms with Crippen LogP contribution in [-0.4, -0.2) is 11.3 Å². The maximum absolute atomic E-state index is 12.5. The van der Waals surface area contributed by atoms with E-state index in [0.717, 1.165) is 6.92 Å². The van der Waals surface area contributed by atoms with E-state index in [4.69, 9.17) is 0 Å². The minimum Gasteiger partial charge on any atom is -0.371 e. The maximum Gasteiger partial charge on any atom is 0.285 e. The molecule has 0 spiro atoms. The van der Waals surface area contributed by atoms with Crippen LogP contribution in [0.1, 0.15) is 13.8 Å². The van der Waals surface area contributed by atoms with E-state index in [0.29, 0.717) is 0 Å². The van der Waals surface area contributed by atoms with Crippen LogP contribution in [0.15, 0.2) is 11.1 Å². The average molecular weight is 165 g/mol. The lowest BCUT2D eigenvalue weighted by Crippen LogP contribution is -2.27. The molecule has 1 aliphatic rings. The summed E-state index contributed by atoms with van der Waals surface area (Å²) in [7, 11) is 0. The number of rotatable bonds is 1. The molecule has 0 saturated heterocycles. The molecule has 0 aromatic carbocycles. The van der Waals surface area contributed by atoms with E-state index >= 15 is 0 Å². The quantitative estimate of drug-likeness (QED) is 0.639. The fourth-order valence-corrected chi connectivity index (χ4v) is 1.50. The summed E-state index contributed by atoms with van der Waals surface area (Å²) in [6.45, 7) is 2.74. The van der Waals surface area contributed by atoms with Gasteiger partial charge in [-0.25, -0.2) is 8.78 Å². The van der Waals surface area contributed by atoms with E-state index in [1.165, 1.54) is 17.2 Å². The summed E-state index contributed by atoms with van der Waals surface area (Å²) in [5, 5.41) is 4.23. The fraction of sp³-hybridized carbons (Fsp3) is 0.667. The zero-order valence-electron chi connectivity index (χ0n) is 5.82. The molecule has 0 aromatic heterocycles. The average Bonchev–Trinajstić information content (AvgIpc) is 2.11. The van der Waals surface area contributed by atoms with Gasteiger partial charge in [0, 0.05) is 6.92 Å².